The number of aryl methyl sites for hydroxylation is 2. The van der Waals surface area contributed by atoms with Gasteiger partial charge in [0.2, 0.25) is 5.91 Å². The molecule has 0 fully saturated rings. The number of rotatable bonds is 6. The Morgan fingerprint density at radius 2 is 2.16 bits per heavy atom. The summed E-state index contributed by atoms with van der Waals surface area (Å²) in [5.41, 5.74) is 6.82. The van der Waals surface area contributed by atoms with E-state index in [2.05, 4.69) is 25.2 Å². The summed E-state index contributed by atoms with van der Waals surface area (Å²) in [5.74, 6) is -0.424. The molecule has 19 heavy (non-hydrogen) atoms. The molecule has 0 saturated carbocycles. The number of thiophene rings is 1. The van der Waals surface area contributed by atoms with Crippen molar-refractivity contribution in [1.82, 2.24) is 5.32 Å². The molecule has 1 aromatic rings. The molecule has 3 nitrogen and oxygen atoms in total. The lowest BCUT2D eigenvalue weighted by molar-refractivity contribution is -0.123. The lowest BCUT2D eigenvalue weighted by Gasteiger charge is -2.19. The molecular formula is C14H22N2OS2. The summed E-state index contributed by atoms with van der Waals surface area (Å²) in [4.78, 5) is 15.0. The molecule has 0 spiro atoms. The Morgan fingerprint density at radius 1 is 1.53 bits per heavy atom. The van der Waals surface area contributed by atoms with E-state index in [4.69, 9.17) is 18.0 Å². The SMILES string of the molecule is CCCC(C(=O)NC(C)c1cc(C)sc1C)C(N)=S. The molecule has 0 aromatic carbocycles. The van der Waals surface area contributed by atoms with Gasteiger partial charge in [0.1, 0.15) is 0 Å². The predicted molar refractivity (Wildman–Crippen MR) is 85.5 cm³/mol. The molecule has 0 radical (unpaired) electrons. The third kappa shape index (κ3) is 4.28. The molecule has 0 aliphatic heterocycles. The quantitative estimate of drug-likeness (QED) is 0.793. The van der Waals surface area contributed by atoms with Crippen molar-refractivity contribution in [3.05, 3.63) is 21.4 Å². The maximum absolute atomic E-state index is 12.2. The van der Waals surface area contributed by atoms with E-state index >= 15 is 0 Å². The van der Waals surface area contributed by atoms with Gasteiger partial charge in [-0.25, -0.2) is 0 Å². The van der Waals surface area contributed by atoms with E-state index in [1.807, 2.05) is 13.8 Å². The largest absolute Gasteiger partial charge is 0.393 e. The molecule has 2 atom stereocenters. The second-order valence-corrected chi connectivity index (χ2v) is 6.77. The normalized spacial score (nSPS) is 13.9. The molecule has 1 amide bonds. The minimum absolute atomic E-state index is 0.00819. The highest BCUT2D eigenvalue weighted by Gasteiger charge is 2.23. The summed E-state index contributed by atoms with van der Waals surface area (Å²) in [7, 11) is 0. The first-order valence-electron chi connectivity index (χ1n) is 6.53. The van der Waals surface area contributed by atoms with Crippen LogP contribution in [0.25, 0.3) is 0 Å². The van der Waals surface area contributed by atoms with Crippen molar-refractivity contribution in [2.24, 2.45) is 11.7 Å². The molecule has 0 aliphatic rings. The van der Waals surface area contributed by atoms with Gasteiger partial charge >= 0.3 is 0 Å². The Hall–Kier alpha value is -0.940. The number of carbonyl (C=O) groups is 1. The van der Waals surface area contributed by atoms with E-state index in [1.54, 1.807) is 11.3 Å². The third-order valence-corrected chi connectivity index (χ3v) is 4.41. The van der Waals surface area contributed by atoms with E-state index in [-0.39, 0.29) is 22.9 Å². The third-order valence-electron chi connectivity index (χ3n) is 3.14. The smallest absolute Gasteiger partial charge is 0.230 e. The average molecular weight is 298 g/mol. The molecule has 0 aliphatic carbocycles. The summed E-state index contributed by atoms with van der Waals surface area (Å²) in [6.45, 7) is 8.17. The number of amides is 1. The van der Waals surface area contributed by atoms with Gasteiger partial charge in [-0.2, -0.15) is 0 Å². The second-order valence-electron chi connectivity index (χ2n) is 4.84. The molecule has 106 valence electrons. The Bertz CT molecular complexity index is 468. The average Bonchev–Trinajstić information content (AvgIpc) is 2.64. The predicted octanol–water partition coefficient (Wildman–Crippen LogP) is 3.24. The Labute approximate surface area is 124 Å². The van der Waals surface area contributed by atoms with Gasteiger partial charge in [-0.3, -0.25) is 4.79 Å². The lowest BCUT2D eigenvalue weighted by Crippen LogP contribution is -2.39. The van der Waals surface area contributed by atoms with E-state index in [0.29, 0.717) is 6.42 Å². The van der Waals surface area contributed by atoms with Crippen molar-refractivity contribution in [2.45, 2.75) is 46.6 Å². The van der Waals surface area contributed by atoms with Crippen molar-refractivity contribution in [2.75, 3.05) is 0 Å². The number of nitrogens with two attached hydrogens (primary N) is 1. The van der Waals surface area contributed by atoms with Crippen molar-refractivity contribution >= 4 is 34.5 Å². The molecule has 2 unspecified atom stereocenters. The number of hydrogen-bond donors (Lipinski definition) is 2. The van der Waals surface area contributed by atoms with Gasteiger partial charge in [-0.05, 0) is 38.8 Å². The fourth-order valence-corrected chi connectivity index (χ4v) is 3.41. The van der Waals surface area contributed by atoms with E-state index in [0.717, 1.165) is 6.42 Å². The van der Waals surface area contributed by atoms with Gasteiger partial charge in [0, 0.05) is 9.75 Å². The summed E-state index contributed by atoms with van der Waals surface area (Å²) in [5, 5.41) is 3.02. The maximum atomic E-state index is 12.2. The van der Waals surface area contributed by atoms with Gasteiger partial charge in [-0.1, -0.05) is 25.6 Å². The maximum Gasteiger partial charge on any atom is 0.230 e. The lowest BCUT2D eigenvalue weighted by atomic mass is 10.0. The van der Waals surface area contributed by atoms with Gasteiger partial charge < -0.3 is 11.1 Å². The minimum Gasteiger partial charge on any atom is -0.393 e. The summed E-state index contributed by atoms with van der Waals surface area (Å²) in [6, 6.07) is 2.12. The van der Waals surface area contributed by atoms with Crippen LogP contribution in [0.3, 0.4) is 0 Å². The van der Waals surface area contributed by atoms with Crippen molar-refractivity contribution in [1.29, 1.82) is 0 Å². The first kappa shape index (κ1) is 16.1. The van der Waals surface area contributed by atoms with Crippen molar-refractivity contribution in [3.63, 3.8) is 0 Å². The standard InChI is InChI=1S/C14H22N2OS2/c1-5-6-11(13(15)18)14(17)16-9(3)12-7-8(2)19-10(12)4/h7,9,11H,5-6H2,1-4H3,(H2,15,18)(H,16,17). The molecule has 1 rings (SSSR count). The van der Waals surface area contributed by atoms with Crippen LogP contribution in [-0.2, 0) is 4.79 Å². The summed E-state index contributed by atoms with van der Waals surface area (Å²) >= 11 is 6.72. The fraction of sp³-hybridized carbons (Fsp3) is 0.571. The number of carbonyl (C=O) groups excluding carboxylic acids is 1. The molecule has 5 heteroatoms. The highest BCUT2D eigenvalue weighted by Crippen LogP contribution is 2.26. The topological polar surface area (TPSA) is 55.1 Å². The van der Waals surface area contributed by atoms with Gasteiger partial charge in [0.15, 0.2) is 0 Å². The zero-order chi connectivity index (χ0) is 14.6. The number of thiocarbonyl (C=S) groups is 1. The fourth-order valence-electron chi connectivity index (χ4n) is 2.16. The van der Waals surface area contributed by atoms with Crippen molar-refractivity contribution < 1.29 is 4.79 Å². The molecule has 0 saturated heterocycles. The van der Waals surface area contributed by atoms with Crippen LogP contribution in [0.2, 0.25) is 0 Å². The molecule has 1 heterocycles. The van der Waals surface area contributed by atoms with Gasteiger partial charge in [-0.15, -0.1) is 11.3 Å². The Balaban J connectivity index is 2.75. The van der Waals surface area contributed by atoms with E-state index < -0.39 is 0 Å². The Morgan fingerprint density at radius 3 is 2.58 bits per heavy atom. The summed E-state index contributed by atoms with van der Waals surface area (Å²) < 4.78 is 0. The molecule has 0 bridgehead atoms. The van der Waals surface area contributed by atoms with Crippen LogP contribution in [-0.4, -0.2) is 10.9 Å². The van der Waals surface area contributed by atoms with E-state index in [1.165, 1.54) is 15.3 Å². The van der Waals surface area contributed by atoms with Crippen LogP contribution in [0, 0.1) is 19.8 Å². The second kappa shape index (κ2) is 7.01. The number of nitrogens with one attached hydrogen (secondary N) is 1. The first-order valence-corrected chi connectivity index (χ1v) is 7.75. The Kier molecular flexibility index (Phi) is 5.94. The van der Waals surface area contributed by atoms with Crippen LogP contribution in [0.1, 0.15) is 48.0 Å². The number of hydrogen-bond acceptors (Lipinski definition) is 3. The van der Waals surface area contributed by atoms with Gasteiger partial charge in [0.25, 0.3) is 0 Å². The van der Waals surface area contributed by atoms with Gasteiger partial charge in [0.05, 0.1) is 16.9 Å². The van der Waals surface area contributed by atoms with E-state index in [9.17, 15) is 4.79 Å². The highest BCUT2D eigenvalue weighted by molar-refractivity contribution is 7.80. The monoisotopic (exact) mass is 298 g/mol. The molecule has 1 aromatic heterocycles. The zero-order valence-electron chi connectivity index (χ0n) is 11.9. The van der Waals surface area contributed by atoms with Crippen molar-refractivity contribution in [3.8, 4) is 0 Å². The zero-order valence-corrected chi connectivity index (χ0v) is 13.6. The van der Waals surface area contributed by atoms with Crippen LogP contribution >= 0.6 is 23.6 Å². The van der Waals surface area contributed by atoms with Crippen LogP contribution in [0.15, 0.2) is 6.07 Å². The first-order chi connectivity index (χ1) is 8.86. The molecule has 3 N–H and O–H groups in total. The minimum atomic E-state index is -0.359. The van der Waals surface area contributed by atoms with Crippen LogP contribution < -0.4 is 11.1 Å². The van der Waals surface area contributed by atoms with Crippen LogP contribution in [0.4, 0.5) is 0 Å². The summed E-state index contributed by atoms with van der Waals surface area (Å²) in [6.07, 6.45) is 1.59. The van der Waals surface area contributed by atoms with Crippen LogP contribution in [0.5, 0.6) is 0 Å². The highest BCUT2D eigenvalue weighted by atomic mass is 32.1. The molecular weight excluding hydrogens is 276 g/mol.